The van der Waals surface area contributed by atoms with Crippen molar-refractivity contribution >= 4 is 54.8 Å². The molecule has 1 aliphatic rings. The van der Waals surface area contributed by atoms with Crippen LogP contribution < -0.4 is 10.2 Å². The van der Waals surface area contributed by atoms with Crippen LogP contribution in [0, 0.1) is 13.8 Å². The zero-order chi connectivity index (χ0) is 20.0. The number of halogens is 1. The van der Waals surface area contributed by atoms with Gasteiger partial charge in [0.05, 0.1) is 18.0 Å². The molecule has 4 rings (SSSR count). The van der Waals surface area contributed by atoms with Gasteiger partial charge in [0.1, 0.15) is 15.9 Å². The number of carbonyl (C=O) groups excluding carboxylic acids is 1. The minimum atomic E-state index is -0.116. The fourth-order valence-corrected chi connectivity index (χ4v) is 5.31. The number of hydrogen-bond acceptors (Lipinski definition) is 5. The lowest BCUT2D eigenvalue weighted by Gasteiger charge is -2.37. The number of pyridine rings is 1. The molecular formula is C21H22BrN3O2S. The molecule has 5 nitrogen and oxygen atoms in total. The lowest BCUT2D eigenvalue weighted by molar-refractivity contribution is 0.0978. The van der Waals surface area contributed by atoms with E-state index < -0.39 is 0 Å². The minimum absolute atomic E-state index is 0.0232. The summed E-state index contributed by atoms with van der Waals surface area (Å²) in [5, 5.41) is 4.60. The third-order valence-corrected chi connectivity index (χ3v) is 7.25. The van der Waals surface area contributed by atoms with Crippen LogP contribution in [-0.4, -0.2) is 24.2 Å². The third-order valence-electron chi connectivity index (χ3n) is 5.13. The minimum Gasteiger partial charge on any atom is -0.380 e. The van der Waals surface area contributed by atoms with Crippen molar-refractivity contribution in [1.82, 2.24) is 4.98 Å². The highest BCUT2D eigenvalue weighted by molar-refractivity contribution is 9.10. The topological polar surface area (TPSA) is 54.5 Å². The molecule has 1 N–H and O–H groups in total. The molecule has 28 heavy (non-hydrogen) atoms. The van der Waals surface area contributed by atoms with Crippen molar-refractivity contribution in [2.75, 3.05) is 17.3 Å². The lowest BCUT2D eigenvalue weighted by atomic mass is 10.1. The first-order chi connectivity index (χ1) is 13.5. The van der Waals surface area contributed by atoms with Crippen LogP contribution in [0.2, 0.25) is 0 Å². The van der Waals surface area contributed by atoms with Crippen LogP contribution >= 0.6 is 27.3 Å². The number of rotatable bonds is 4. The van der Waals surface area contributed by atoms with E-state index in [-0.39, 0.29) is 12.1 Å². The molecule has 0 unspecified atom stereocenters. The van der Waals surface area contributed by atoms with E-state index in [2.05, 4.69) is 28.2 Å². The maximum absolute atomic E-state index is 13.6. The predicted molar refractivity (Wildman–Crippen MR) is 118 cm³/mol. The summed E-state index contributed by atoms with van der Waals surface area (Å²) in [6, 6.07) is 8.01. The SMILES string of the molecule is CC[C@H]1Nc2c(sc3nc(C)c(Br)c(COC)c23)C(=O)N1c1ccccc1C. The fourth-order valence-electron chi connectivity index (χ4n) is 3.75. The quantitative estimate of drug-likeness (QED) is 0.548. The number of aromatic nitrogens is 1. The van der Waals surface area contributed by atoms with Crippen LogP contribution in [0.1, 0.15) is 39.8 Å². The molecule has 0 bridgehead atoms. The molecule has 2 aromatic heterocycles. The van der Waals surface area contributed by atoms with E-state index in [1.807, 2.05) is 43.0 Å². The van der Waals surface area contributed by atoms with Gasteiger partial charge in [-0.15, -0.1) is 11.3 Å². The molecule has 1 amide bonds. The number of benzene rings is 1. The van der Waals surface area contributed by atoms with Crippen LogP contribution in [0.4, 0.5) is 11.4 Å². The summed E-state index contributed by atoms with van der Waals surface area (Å²) in [5.74, 6) is 0.0232. The molecule has 0 aliphatic carbocycles. The van der Waals surface area contributed by atoms with Gasteiger partial charge in [0.25, 0.3) is 5.91 Å². The van der Waals surface area contributed by atoms with Gasteiger partial charge >= 0.3 is 0 Å². The Hall–Kier alpha value is -1.96. The summed E-state index contributed by atoms with van der Waals surface area (Å²) in [6.07, 6.45) is 0.672. The predicted octanol–water partition coefficient (Wildman–Crippen LogP) is 5.63. The van der Waals surface area contributed by atoms with Gasteiger partial charge in [-0.25, -0.2) is 4.98 Å². The van der Waals surface area contributed by atoms with Crippen LogP contribution in [0.3, 0.4) is 0 Å². The van der Waals surface area contributed by atoms with Crippen molar-refractivity contribution in [3.05, 3.63) is 50.4 Å². The number of anilines is 2. The summed E-state index contributed by atoms with van der Waals surface area (Å²) in [5.41, 5.74) is 4.83. The smallest absolute Gasteiger partial charge is 0.272 e. The van der Waals surface area contributed by atoms with Gasteiger partial charge in [-0.3, -0.25) is 9.69 Å². The van der Waals surface area contributed by atoms with E-state index >= 15 is 0 Å². The maximum atomic E-state index is 13.6. The average Bonchev–Trinajstić information content (AvgIpc) is 3.04. The van der Waals surface area contributed by atoms with E-state index in [4.69, 9.17) is 9.72 Å². The van der Waals surface area contributed by atoms with Crippen molar-refractivity contribution < 1.29 is 9.53 Å². The number of ether oxygens (including phenoxy) is 1. The Morgan fingerprint density at radius 3 is 2.75 bits per heavy atom. The van der Waals surface area contributed by atoms with Crippen LogP contribution in [0.15, 0.2) is 28.7 Å². The van der Waals surface area contributed by atoms with Gasteiger partial charge in [-0.1, -0.05) is 25.1 Å². The molecule has 1 atom stereocenters. The molecule has 1 aromatic carbocycles. The van der Waals surface area contributed by atoms with Crippen LogP contribution in [0.5, 0.6) is 0 Å². The molecule has 0 fully saturated rings. The fraction of sp³-hybridized carbons (Fsp3) is 0.333. The first kappa shape index (κ1) is 19.4. The Morgan fingerprint density at radius 2 is 2.07 bits per heavy atom. The second-order valence-corrected chi connectivity index (χ2v) is 8.73. The van der Waals surface area contributed by atoms with Crippen molar-refractivity contribution in [2.24, 2.45) is 0 Å². The van der Waals surface area contributed by atoms with E-state index in [1.165, 1.54) is 11.3 Å². The van der Waals surface area contributed by atoms with E-state index in [0.717, 1.165) is 49.3 Å². The summed E-state index contributed by atoms with van der Waals surface area (Å²) in [7, 11) is 1.68. The van der Waals surface area contributed by atoms with Gasteiger partial charge in [0.15, 0.2) is 0 Å². The van der Waals surface area contributed by atoms with Gasteiger partial charge in [0.2, 0.25) is 0 Å². The standard InChI is InChI=1S/C21H22BrN3O2S/c1-5-15-24-18-16-13(10-27-4)17(22)12(3)23-20(16)28-19(18)21(26)25(15)14-9-7-6-8-11(14)2/h6-9,15,24H,5,10H2,1-4H3/t15-/m0/s1. The molecule has 0 spiro atoms. The molecule has 7 heteroatoms. The summed E-state index contributed by atoms with van der Waals surface area (Å²) >= 11 is 5.11. The second kappa shape index (κ2) is 7.46. The molecular weight excluding hydrogens is 438 g/mol. The lowest BCUT2D eigenvalue weighted by Crippen LogP contribution is -2.48. The van der Waals surface area contributed by atoms with E-state index in [1.54, 1.807) is 7.11 Å². The van der Waals surface area contributed by atoms with E-state index in [0.29, 0.717) is 11.5 Å². The molecule has 0 saturated carbocycles. The number of para-hydroxylation sites is 1. The van der Waals surface area contributed by atoms with Crippen molar-refractivity contribution in [3.8, 4) is 0 Å². The first-order valence-corrected chi connectivity index (χ1v) is 10.8. The summed E-state index contributed by atoms with van der Waals surface area (Å²) in [4.78, 5) is 21.7. The van der Waals surface area contributed by atoms with Gasteiger partial charge in [0, 0.05) is 28.2 Å². The highest BCUT2D eigenvalue weighted by atomic mass is 79.9. The van der Waals surface area contributed by atoms with Crippen LogP contribution in [0.25, 0.3) is 10.2 Å². The molecule has 1 aliphatic heterocycles. The molecule has 3 heterocycles. The number of hydrogen-bond donors (Lipinski definition) is 1. The molecule has 0 saturated heterocycles. The van der Waals surface area contributed by atoms with Gasteiger partial charge in [-0.2, -0.15) is 0 Å². The monoisotopic (exact) mass is 459 g/mol. The Kier molecular flexibility index (Phi) is 5.16. The van der Waals surface area contributed by atoms with Crippen molar-refractivity contribution in [3.63, 3.8) is 0 Å². The number of fused-ring (bicyclic) bond motifs is 3. The Morgan fingerprint density at radius 1 is 1.32 bits per heavy atom. The number of methoxy groups -OCH3 is 1. The Bertz CT molecular complexity index is 1080. The highest BCUT2D eigenvalue weighted by Gasteiger charge is 2.36. The maximum Gasteiger partial charge on any atom is 0.272 e. The molecule has 0 radical (unpaired) electrons. The number of thiophene rings is 1. The number of amides is 1. The van der Waals surface area contributed by atoms with E-state index in [9.17, 15) is 4.79 Å². The Balaban J connectivity index is 1.94. The van der Waals surface area contributed by atoms with Crippen LogP contribution in [-0.2, 0) is 11.3 Å². The summed E-state index contributed by atoms with van der Waals surface area (Å²) < 4.78 is 6.38. The van der Waals surface area contributed by atoms with Gasteiger partial charge < -0.3 is 10.1 Å². The third kappa shape index (κ3) is 2.93. The first-order valence-electron chi connectivity index (χ1n) is 9.24. The Labute approximate surface area is 176 Å². The number of aryl methyl sites for hydroxylation is 2. The zero-order valence-electron chi connectivity index (χ0n) is 16.3. The normalized spacial score (nSPS) is 16.4. The summed E-state index contributed by atoms with van der Waals surface area (Å²) in [6.45, 7) is 6.54. The van der Waals surface area contributed by atoms with Gasteiger partial charge in [-0.05, 0) is 47.8 Å². The highest BCUT2D eigenvalue weighted by Crippen LogP contribution is 2.45. The number of carbonyl (C=O) groups is 1. The second-order valence-electron chi connectivity index (χ2n) is 6.94. The number of nitrogens with one attached hydrogen (secondary N) is 1. The van der Waals surface area contributed by atoms with Crippen molar-refractivity contribution in [2.45, 2.75) is 40.0 Å². The average molecular weight is 460 g/mol. The molecule has 3 aromatic rings. The van der Waals surface area contributed by atoms with Crippen molar-refractivity contribution in [1.29, 1.82) is 0 Å². The molecule has 146 valence electrons. The largest absolute Gasteiger partial charge is 0.380 e. The zero-order valence-corrected chi connectivity index (χ0v) is 18.7. The number of nitrogens with zero attached hydrogens (tertiary/aromatic N) is 2.